The van der Waals surface area contributed by atoms with Crippen molar-refractivity contribution in [1.29, 1.82) is 0 Å². The van der Waals surface area contributed by atoms with Gasteiger partial charge in [-0.2, -0.15) is 14.6 Å². The van der Waals surface area contributed by atoms with Crippen LogP contribution in [-0.2, 0) is 6.54 Å². The standard InChI is InChI=1S/C20H23F2N5O/c1-13-5-6-18(28-2)15(8-13)11-26-7-3-4-14(10-26)16-9-17(19(21)22)27-20(25-16)23-12-24-27/h5-6,8-9,12,14,19H,3-4,7,10-11H2,1-2H3/t14-/m0/s1. The molecule has 8 heteroatoms. The van der Waals surface area contributed by atoms with Crippen molar-refractivity contribution in [2.75, 3.05) is 20.2 Å². The number of methoxy groups -OCH3 is 1. The summed E-state index contributed by atoms with van der Waals surface area (Å²) in [6, 6.07) is 7.64. The van der Waals surface area contributed by atoms with Gasteiger partial charge in [0.2, 0.25) is 0 Å². The molecule has 3 heterocycles. The second kappa shape index (κ2) is 7.79. The minimum Gasteiger partial charge on any atom is -0.496 e. The topological polar surface area (TPSA) is 55.6 Å². The van der Waals surface area contributed by atoms with E-state index < -0.39 is 6.43 Å². The van der Waals surface area contributed by atoms with Gasteiger partial charge in [-0.05, 0) is 38.4 Å². The SMILES string of the molecule is COc1ccc(C)cc1CN1CCC[C@H](c2cc(C(F)F)n3ncnc3n2)C1. The maximum absolute atomic E-state index is 13.5. The average Bonchev–Trinajstić information content (AvgIpc) is 3.16. The lowest BCUT2D eigenvalue weighted by atomic mass is 9.93. The summed E-state index contributed by atoms with van der Waals surface area (Å²) in [5, 5.41) is 3.86. The van der Waals surface area contributed by atoms with E-state index >= 15 is 0 Å². The predicted octanol–water partition coefficient (Wildman–Crippen LogP) is 3.76. The van der Waals surface area contributed by atoms with Gasteiger partial charge in [0.15, 0.2) is 0 Å². The van der Waals surface area contributed by atoms with Crippen molar-refractivity contribution in [3.05, 3.63) is 53.1 Å². The first-order valence-corrected chi connectivity index (χ1v) is 9.39. The van der Waals surface area contributed by atoms with Crippen LogP contribution in [0.15, 0.2) is 30.6 Å². The molecular formula is C20H23F2N5O. The number of aryl methyl sites for hydroxylation is 1. The van der Waals surface area contributed by atoms with Gasteiger partial charge in [0.05, 0.1) is 12.8 Å². The normalized spacial score (nSPS) is 18.1. The number of halogens is 2. The van der Waals surface area contributed by atoms with E-state index in [9.17, 15) is 8.78 Å². The lowest BCUT2D eigenvalue weighted by molar-refractivity contribution is 0.142. The summed E-state index contributed by atoms with van der Waals surface area (Å²) >= 11 is 0. The smallest absolute Gasteiger partial charge is 0.280 e. The minimum atomic E-state index is -2.62. The van der Waals surface area contributed by atoms with Crippen LogP contribution in [0, 0.1) is 6.92 Å². The Morgan fingerprint density at radius 2 is 2.14 bits per heavy atom. The fraction of sp³-hybridized carbons (Fsp3) is 0.450. The summed E-state index contributed by atoms with van der Waals surface area (Å²) in [6.45, 7) is 4.54. The van der Waals surface area contributed by atoms with Crippen LogP contribution in [0.5, 0.6) is 5.75 Å². The number of likely N-dealkylation sites (tertiary alicyclic amines) is 1. The van der Waals surface area contributed by atoms with Gasteiger partial charge in [0, 0.05) is 24.6 Å². The maximum Gasteiger partial charge on any atom is 0.280 e. The number of nitrogens with zero attached hydrogens (tertiary/aromatic N) is 5. The fourth-order valence-corrected chi connectivity index (χ4v) is 3.93. The highest BCUT2D eigenvalue weighted by atomic mass is 19.3. The Morgan fingerprint density at radius 1 is 1.29 bits per heavy atom. The van der Waals surface area contributed by atoms with Gasteiger partial charge in [-0.15, -0.1) is 0 Å². The van der Waals surface area contributed by atoms with Crippen LogP contribution in [-0.4, -0.2) is 44.7 Å². The van der Waals surface area contributed by atoms with Crippen LogP contribution in [0.3, 0.4) is 0 Å². The van der Waals surface area contributed by atoms with Crippen molar-refractivity contribution in [3.63, 3.8) is 0 Å². The van der Waals surface area contributed by atoms with Gasteiger partial charge in [0.1, 0.15) is 17.8 Å². The molecule has 1 fully saturated rings. The number of rotatable bonds is 5. The Morgan fingerprint density at radius 3 is 2.93 bits per heavy atom. The lowest BCUT2D eigenvalue weighted by Crippen LogP contribution is -2.34. The van der Waals surface area contributed by atoms with E-state index in [-0.39, 0.29) is 17.4 Å². The van der Waals surface area contributed by atoms with Gasteiger partial charge in [-0.3, -0.25) is 4.90 Å². The van der Waals surface area contributed by atoms with E-state index in [0.717, 1.165) is 48.3 Å². The molecule has 0 aliphatic carbocycles. The third-order valence-corrected chi connectivity index (χ3v) is 5.28. The van der Waals surface area contributed by atoms with Crippen LogP contribution in [0.25, 0.3) is 5.78 Å². The molecular weight excluding hydrogens is 364 g/mol. The van der Waals surface area contributed by atoms with Gasteiger partial charge < -0.3 is 4.74 Å². The zero-order chi connectivity index (χ0) is 19.7. The van der Waals surface area contributed by atoms with E-state index in [1.165, 1.54) is 18.0 Å². The largest absolute Gasteiger partial charge is 0.496 e. The molecule has 0 N–H and O–H groups in total. The van der Waals surface area contributed by atoms with E-state index in [1.807, 2.05) is 12.1 Å². The van der Waals surface area contributed by atoms with E-state index in [4.69, 9.17) is 4.74 Å². The molecule has 6 nitrogen and oxygen atoms in total. The van der Waals surface area contributed by atoms with Crippen LogP contribution < -0.4 is 4.74 Å². The molecule has 0 amide bonds. The van der Waals surface area contributed by atoms with Crippen molar-refractivity contribution in [2.45, 2.75) is 38.7 Å². The van der Waals surface area contributed by atoms with Crippen LogP contribution >= 0.6 is 0 Å². The van der Waals surface area contributed by atoms with Crippen molar-refractivity contribution in [2.24, 2.45) is 0 Å². The molecule has 1 atom stereocenters. The molecule has 1 aliphatic heterocycles. The highest BCUT2D eigenvalue weighted by Gasteiger charge is 2.26. The number of aromatic nitrogens is 4. The molecule has 0 saturated carbocycles. The minimum absolute atomic E-state index is 0.0868. The molecule has 148 valence electrons. The Hall–Kier alpha value is -2.61. The molecule has 3 aromatic rings. The number of benzene rings is 1. The van der Waals surface area contributed by atoms with Crippen molar-refractivity contribution in [3.8, 4) is 5.75 Å². The third kappa shape index (κ3) is 3.69. The summed E-state index contributed by atoms with van der Waals surface area (Å²) in [6.07, 6.45) is 0.543. The maximum atomic E-state index is 13.5. The highest BCUT2D eigenvalue weighted by Crippen LogP contribution is 2.31. The number of hydrogen-bond donors (Lipinski definition) is 0. The van der Waals surface area contributed by atoms with Crippen LogP contribution in [0.4, 0.5) is 8.78 Å². The fourth-order valence-electron chi connectivity index (χ4n) is 3.93. The third-order valence-electron chi connectivity index (χ3n) is 5.28. The summed E-state index contributed by atoms with van der Waals surface area (Å²) < 4.78 is 33.5. The predicted molar refractivity (Wildman–Crippen MR) is 101 cm³/mol. The summed E-state index contributed by atoms with van der Waals surface area (Å²) in [7, 11) is 1.68. The summed E-state index contributed by atoms with van der Waals surface area (Å²) in [5.41, 5.74) is 2.83. The number of piperidine rings is 1. The number of alkyl halides is 2. The van der Waals surface area contributed by atoms with Crippen LogP contribution in [0.2, 0.25) is 0 Å². The molecule has 4 rings (SSSR count). The Labute approximate surface area is 162 Å². The van der Waals surface area contributed by atoms with Crippen molar-refractivity contribution in [1.82, 2.24) is 24.5 Å². The summed E-state index contributed by atoms with van der Waals surface area (Å²) in [4.78, 5) is 10.8. The molecule has 0 spiro atoms. The van der Waals surface area contributed by atoms with E-state index in [1.54, 1.807) is 7.11 Å². The molecule has 2 aromatic heterocycles. The molecule has 1 aromatic carbocycles. The van der Waals surface area contributed by atoms with Gasteiger partial charge >= 0.3 is 0 Å². The van der Waals surface area contributed by atoms with E-state index in [0.29, 0.717) is 5.69 Å². The van der Waals surface area contributed by atoms with Gasteiger partial charge in [-0.25, -0.2) is 13.8 Å². The van der Waals surface area contributed by atoms with Crippen molar-refractivity contribution >= 4 is 5.78 Å². The second-order valence-corrected chi connectivity index (χ2v) is 7.27. The van der Waals surface area contributed by atoms with Gasteiger partial charge in [0.25, 0.3) is 12.2 Å². The van der Waals surface area contributed by atoms with Crippen LogP contribution in [0.1, 0.15) is 47.7 Å². The molecule has 1 saturated heterocycles. The zero-order valence-electron chi connectivity index (χ0n) is 16.0. The average molecular weight is 387 g/mol. The second-order valence-electron chi connectivity index (χ2n) is 7.27. The number of ether oxygens (including phenoxy) is 1. The molecule has 0 radical (unpaired) electrons. The highest BCUT2D eigenvalue weighted by molar-refractivity contribution is 5.37. The van der Waals surface area contributed by atoms with Crippen molar-refractivity contribution < 1.29 is 13.5 Å². The van der Waals surface area contributed by atoms with E-state index in [2.05, 4.69) is 33.0 Å². The quantitative estimate of drug-likeness (QED) is 0.667. The Kier molecular flexibility index (Phi) is 5.21. The Balaban J connectivity index is 1.58. The summed E-state index contributed by atoms with van der Waals surface area (Å²) in [5.74, 6) is 1.18. The first-order chi connectivity index (χ1) is 13.5. The van der Waals surface area contributed by atoms with Gasteiger partial charge in [-0.1, -0.05) is 17.7 Å². The molecule has 0 bridgehead atoms. The zero-order valence-corrected chi connectivity index (χ0v) is 16.0. The number of hydrogen-bond acceptors (Lipinski definition) is 5. The Bertz CT molecular complexity index is 974. The molecule has 1 aliphatic rings. The lowest BCUT2D eigenvalue weighted by Gasteiger charge is -2.33. The first-order valence-electron chi connectivity index (χ1n) is 9.39. The monoisotopic (exact) mass is 387 g/mol. The molecule has 28 heavy (non-hydrogen) atoms. The first kappa shape index (κ1) is 18.7. The molecule has 0 unspecified atom stereocenters. The number of fused-ring (bicyclic) bond motifs is 1.